The number of allylic oxidation sites excluding steroid dienone is 11. The van der Waals surface area contributed by atoms with Gasteiger partial charge >= 0.3 is 11.9 Å². The Bertz CT molecular complexity index is 1090. The number of unbranched alkanes of at least 4 members (excludes halogenated alkanes) is 15. The molecule has 0 fully saturated rings. The number of hydrogen-bond acceptors (Lipinski definition) is 5. The molecule has 0 saturated heterocycles. The van der Waals surface area contributed by atoms with Gasteiger partial charge in [0.05, 0.1) is 0 Å². The summed E-state index contributed by atoms with van der Waals surface area (Å²) in [6, 6.07) is -0.878. The molecule has 0 rings (SSSR count). The molecule has 0 bridgehead atoms. The normalized spacial score (nSPS) is 13.4. The van der Waals surface area contributed by atoms with Crippen LogP contribution in [0.3, 0.4) is 0 Å². The van der Waals surface area contributed by atoms with Crippen LogP contribution in [0.1, 0.15) is 194 Å². The molecular weight excluding hydrogens is 685 g/mol. The highest BCUT2D eigenvalue weighted by atomic mass is 16.5. The van der Waals surface area contributed by atoms with Crippen LogP contribution in [0.15, 0.2) is 72.9 Å². The van der Waals surface area contributed by atoms with Gasteiger partial charge in [-0.1, -0.05) is 151 Å². The number of rotatable bonds is 39. The lowest BCUT2D eigenvalue weighted by atomic mass is 10.1. The number of amides is 1. The predicted octanol–water partition coefficient (Wildman–Crippen LogP) is 12.7. The fraction of sp³-hybridized carbons (Fsp3) is 0.688. The molecule has 0 aromatic carbocycles. The van der Waals surface area contributed by atoms with Crippen LogP contribution in [0.4, 0.5) is 0 Å². The predicted molar refractivity (Wildman–Crippen MR) is 234 cm³/mol. The summed E-state index contributed by atoms with van der Waals surface area (Å²) in [5, 5.41) is 11.9. The van der Waals surface area contributed by atoms with Crippen molar-refractivity contribution in [3.8, 4) is 0 Å². The van der Waals surface area contributed by atoms with Gasteiger partial charge in [0, 0.05) is 12.8 Å². The van der Waals surface area contributed by atoms with E-state index in [1.807, 2.05) is 6.08 Å². The minimum Gasteiger partial charge on any atom is -0.480 e. The molecule has 7 nitrogen and oxygen atoms in total. The van der Waals surface area contributed by atoms with Gasteiger partial charge in [0.1, 0.15) is 12.1 Å². The average molecular weight is 767 g/mol. The van der Waals surface area contributed by atoms with E-state index in [9.17, 15) is 19.5 Å². The van der Waals surface area contributed by atoms with Gasteiger partial charge in [-0.15, -0.1) is 0 Å². The summed E-state index contributed by atoms with van der Waals surface area (Å²) >= 11 is 0. The van der Waals surface area contributed by atoms with Gasteiger partial charge in [-0.25, -0.2) is 4.79 Å². The Hall–Kier alpha value is -3.19. The van der Waals surface area contributed by atoms with E-state index in [1.165, 1.54) is 64.2 Å². The third kappa shape index (κ3) is 38.9. The first-order chi connectivity index (χ1) is 26.9. The number of ether oxygens (including phenoxy) is 1. The summed E-state index contributed by atoms with van der Waals surface area (Å²) < 4.78 is 5.92. The van der Waals surface area contributed by atoms with E-state index in [0.29, 0.717) is 38.6 Å². The van der Waals surface area contributed by atoms with Crippen LogP contribution in [0.2, 0.25) is 0 Å². The zero-order chi connectivity index (χ0) is 40.3. The number of carboxylic acid groups (broad SMARTS) is 1. The molecule has 0 aliphatic carbocycles. The van der Waals surface area contributed by atoms with E-state index in [0.717, 1.165) is 83.5 Å². The second-order valence-electron chi connectivity index (χ2n) is 14.7. The minimum atomic E-state index is -1.02. The number of carbonyl (C=O) groups excluding carboxylic acids is 2. The van der Waals surface area contributed by atoms with E-state index in [2.05, 4.69) is 86.0 Å². The van der Waals surface area contributed by atoms with Gasteiger partial charge in [0.25, 0.3) is 0 Å². The molecule has 0 heterocycles. The summed E-state index contributed by atoms with van der Waals surface area (Å²) in [5.41, 5.74) is 5.48. The van der Waals surface area contributed by atoms with E-state index in [4.69, 9.17) is 10.5 Å². The molecule has 0 radical (unpaired) electrons. The zero-order valence-corrected chi connectivity index (χ0v) is 35.2. The molecule has 7 heteroatoms. The van der Waals surface area contributed by atoms with Crippen LogP contribution in [-0.4, -0.2) is 41.6 Å². The Morgan fingerprint density at radius 3 is 1.62 bits per heavy atom. The van der Waals surface area contributed by atoms with Crippen molar-refractivity contribution in [1.82, 2.24) is 5.32 Å². The molecule has 0 aliphatic heterocycles. The molecule has 0 saturated carbocycles. The van der Waals surface area contributed by atoms with Crippen molar-refractivity contribution >= 4 is 17.8 Å². The minimum absolute atomic E-state index is 0.115. The summed E-state index contributed by atoms with van der Waals surface area (Å²) in [6.45, 7) is 4.79. The van der Waals surface area contributed by atoms with Crippen molar-refractivity contribution < 1.29 is 24.2 Å². The number of aliphatic carboxylic acids is 1. The largest absolute Gasteiger partial charge is 0.480 e. The van der Waals surface area contributed by atoms with Crippen molar-refractivity contribution in [1.29, 1.82) is 0 Å². The van der Waals surface area contributed by atoms with Crippen LogP contribution in [0, 0.1) is 0 Å². The van der Waals surface area contributed by atoms with Crippen molar-refractivity contribution in [2.75, 3.05) is 6.54 Å². The Morgan fingerprint density at radius 1 is 0.564 bits per heavy atom. The fourth-order valence-corrected chi connectivity index (χ4v) is 6.15. The van der Waals surface area contributed by atoms with Crippen LogP contribution in [-0.2, 0) is 19.1 Å². The van der Waals surface area contributed by atoms with Crippen LogP contribution < -0.4 is 11.1 Å². The Balaban J connectivity index is 4.28. The van der Waals surface area contributed by atoms with Gasteiger partial charge in [-0.05, 0) is 109 Å². The third-order valence-corrected chi connectivity index (χ3v) is 9.49. The Kier molecular flexibility index (Phi) is 39.5. The Morgan fingerprint density at radius 2 is 1.05 bits per heavy atom. The lowest BCUT2D eigenvalue weighted by Crippen LogP contribution is -2.40. The molecule has 2 atom stereocenters. The van der Waals surface area contributed by atoms with Crippen molar-refractivity contribution in [2.24, 2.45) is 5.73 Å². The average Bonchev–Trinajstić information content (AvgIpc) is 3.17. The maximum Gasteiger partial charge on any atom is 0.326 e. The highest BCUT2D eigenvalue weighted by molar-refractivity contribution is 5.83. The molecule has 4 N–H and O–H groups in total. The van der Waals surface area contributed by atoms with Crippen LogP contribution in [0.25, 0.3) is 0 Å². The van der Waals surface area contributed by atoms with Crippen molar-refractivity contribution in [2.45, 2.75) is 206 Å². The van der Waals surface area contributed by atoms with E-state index >= 15 is 0 Å². The van der Waals surface area contributed by atoms with E-state index in [-0.39, 0.29) is 18.0 Å². The fourth-order valence-electron chi connectivity index (χ4n) is 6.15. The summed E-state index contributed by atoms with van der Waals surface area (Å²) in [5.74, 6) is -1.37. The summed E-state index contributed by atoms with van der Waals surface area (Å²) in [6.07, 6.45) is 53.9. The standard InChI is InChI=1S/C48H82N2O5/c1-3-5-7-9-11-13-14-15-16-17-18-19-20-21-22-23-24-26-28-30-36-42-47(52)55-44(38-33-29-27-25-12-10-8-6-4-2)39-34-31-32-35-41-46(51)50-45(48(53)54)40-37-43-49/h5,7,11,13,15-16,18-19,25,27,33,38,44-45H,3-4,6,8-10,12,14,17,20-24,26,28-32,34-37,39-43,49H2,1-2H3,(H,50,51)(H,53,54)/b7-5-,13-11-,16-15-,19-18-,27-25-,38-33-. The maximum atomic E-state index is 12.7. The first kappa shape index (κ1) is 51.8. The van der Waals surface area contributed by atoms with E-state index < -0.39 is 12.0 Å². The number of nitrogens with two attached hydrogens (primary N) is 1. The first-order valence-electron chi connectivity index (χ1n) is 22.3. The summed E-state index contributed by atoms with van der Waals surface area (Å²) in [4.78, 5) is 36.4. The molecule has 0 aliphatic rings. The maximum absolute atomic E-state index is 12.7. The van der Waals surface area contributed by atoms with Gasteiger partial charge in [0.15, 0.2) is 0 Å². The number of nitrogens with one attached hydrogen (secondary N) is 1. The van der Waals surface area contributed by atoms with Crippen molar-refractivity contribution in [3.05, 3.63) is 72.9 Å². The summed E-state index contributed by atoms with van der Waals surface area (Å²) in [7, 11) is 0. The van der Waals surface area contributed by atoms with Crippen LogP contribution >= 0.6 is 0 Å². The van der Waals surface area contributed by atoms with E-state index in [1.54, 1.807) is 0 Å². The molecule has 55 heavy (non-hydrogen) atoms. The molecule has 1 amide bonds. The number of esters is 1. The van der Waals surface area contributed by atoms with Gasteiger partial charge in [-0.3, -0.25) is 9.59 Å². The molecule has 314 valence electrons. The lowest BCUT2D eigenvalue weighted by Gasteiger charge is -2.15. The second kappa shape index (κ2) is 42.0. The quantitative estimate of drug-likeness (QED) is 0.0326. The smallest absolute Gasteiger partial charge is 0.326 e. The monoisotopic (exact) mass is 767 g/mol. The Labute approximate surface area is 337 Å². The lowest BCUT2D eigenvalue weighted by molar-refractivity contribution is -0.147. The molecular formula is C48H82N2O5. The highest BCUT2D eigenvalue weighted by Gasteiger charge is 2.19. The first-order valence-corrected chi connectivity index (χ1v) is 22.3. The topological polar surface area (TPSA) is 119 Å². The molecule has 0 aromatic heterocycles. The zero-order valence-electron chi connectivity index (χ0n) is 35.2. The number of carboxylic acids is 1. The number of carbonyl (C=O) groups is 3. The molecule has 2 unspecified atom stereocenters. The van der Waals surface area contributed by atoms with Gasteiger partial charge in [0.2, 0.25) is 5.91 Å². The van der Waals surface area contributed by atoms with Gasteiger partial charge < -0.3 is 20.9 Å². The third-order valence-electron chi connectivity index (χ3n) is 9.49. The number of hydrogen-bond donors (Lipinski definition) is 3. The van der Waals surface area contributed by atoms with Crippen LogP contribution in [0.5, 0.6) is 0 Å². The molecule has 0 aromatic rings. The van der Waals surface area contributed by atoms with Gasteiger partial charge in [-0.2, -0.15) is 0 Å². The highest BCUT2D eigenvalue weighted by Crippen LogP contribution is 2.15. The second-order valence-corrected chi connectivity index (χ2v) is 14.7. The van der Waals surface area contributed by atoms with Crippen molar-refractivity contribution in [3.63, 3.8) is 0 Å². The SMILES string of the molecule is CC/C=C\C/C=C\C/C=C\C/C=C\CCCCCCCCCCC(=O)OC(/C=C\C/C=C\CCCCCC)CCCCCCC(=O)NC(CCCN)C(=O)O. The molecule has 0 spiro atoms.